The molecule has 0 spiro atoms. The molecule has 2 rings (SSSR count). The van der Waals surface area contributed by atoms with E-state index in [1.54, 1.807) is 6.07 Å². The summed E-state index contributed by atoms with van der Waals surface area (Å²) in [5, 5.41) is 9.15. The summed E-state index contributed by atoms with van der Waals surface area (Å²) >= 11 is 0. The number of hydrogen-bond donors (Lipinski definition) is 4. The maximum atomic E-state index is 12.7. The normalized spacial score (nSPS) is 14.9. The number of nitrogens with zero attached hydrogens (tertiary/aromatic N) is 4. The van der Waals surface area contributed by atoms with Crippen LogP contribution < -0.4 is 21.7 Å². The quantitative estimate of drug-likeness (QED) is 0.265. The lowest BCUT2D eigenvalue weighted by Crippen LogP contribution is -2.45. The molecule has 3 amide bonds. The molecule has 1 heterocycles. The van der Waals surface area contributed by atoms with Crippen LogP contribution in [0, 0.1) is 0 Å². The van der Waals surface area contributed by atoms with Gasteiger partial charge in [0.15, 0.2) is 11.5 Å². The molecule has 0 aliphatic rings. The van der Waals surface area contributed by atoms with Crippen LogP contribution in [0.25, 0.3) is 0 Å². The topological polar surface area (TPSA) is 146 Å². The van der Waals surface area contributed by atoms with Crippen molar-refractivity contribution in [1.82, 2.24) is 25.1 Å². The number of likely N-dealkylation sites (N-methyl/N-ethyl adjacent to an activating group) is 2. The van der Waals surface area contributed by atoms with Crippen LogP contribution in [-0.4, -0.2) is 83.7 Å². The van der Waals surface area contributed by atoms with Crippen LogP contribution in [0.5, 0.6) is 0 Å². The summed E-state index contributed by atoms with van der Waals surface area (Å²) in [5.74, 6) is -0.947. The van der Waals surface area contributed by atoms with Gasteiger partial charge in [-0.2, -0.15) is 0 Å². The molecule has 5 N–H and O–H groups in total. The lowest BCUT2D eigenvalue weighted by atomic mass is 10.1. The monoisotopic (exact) mass is 544 g/mol. The Morgan fingerprint density at radius 3 is 2.54 bits per heavy atom. The fourth-order valence-corrected chi connectivity index (χ4v) is 3.53. The molecular weight excluding hydrogens is 496 g/mol. The third-order valence-electron chi connectivity index (χ3n) is 5.72. The van der Waals surface area contributed by atoms with Gasteiger partial charge in [-0.25, -0.2) is 9.97 Å². The molecule has 1 aromatic heterocycles. The molecule has 1 aromatic carbocycles. The number of carbonyl (C=O) groups is 3. The molecule has 0 saturated carbocycles. The predicted molar refractivity (Wildman–Crippen MR) is 155 cm³/mol. The molecule has 0 aliphatic heterocycles. The molecule has 0 radical (unpaired) electrons. The highest BCUT2D eigenvalue weighted by Crippen LogP contribution is 2.23. The van der Waals surface area contributed by atoms with Gasteiger partial charge in [0.05, 0.1) is 5.69 Å². The summed E-state index contributed by atoms with van der Waals surface area (Å²) < 4.78 is 44.3. The van der Waals surface area contributed by atoms with Crippen molar-refractivity contribution < 1.29 is 22.6 Å². The van der Waals surface area contributed by atoms with E-state index in [0.717, 1.165) is 22.6 Å². The van der Waals surface area contributed by atoms with Crippen LogP contribution in [0.1, 0.15) is 57.7 Å². The highest BCUT2D eigenvalue weighted by Gasteiger charge is 2.21. The first-order valence-electron chi connectivity index (χ1n) is 15.7. The maximum Gasteiger partial charge on any atom is 0.271 e. The van der Waals surface area contributed by atoms with Crippen LogP contribution in [0.2, 0.25) is 0 Å². The number of nitrogens with two attached hydrogens (primary N) is 1. The fourth-order valence-electron chi connectivity index (χ4n) is 3.53. The van der Waals surface area contributed by atoms with Gasteiger partial charge in [-0.1, -0.05) is 25.1 Å². The average Bonchev–Trinajstić information content (AvgIpc) is 2.92. The molecule has 11 nitrogen and oxygen atoms in total. The highest BCUT2D eigenvalue weighted by atomic mass is 16.2. The molecule has 0 aliphatic carbocycles. The Hall–Kier alpha value is -3.99. The van der Waals surface area contributed by atoms with Crippen LogP contribution in [0.15, 0.2) is 36.4 Å². The SMILES string of the molecule is [2H]C([2H])([2H])N(C/C=C/C(=O)N(C)[C@@H](C)C(=O)NCCc1cccc(Nc2nc(NC(C)C)c(CC)nc2C(N)=O)c1)C([2H])([2H])[2H]. The molecule has 2 aromatic rings. The average molecular weight is 545 g/mol. The van der Waals surface area contributed by atoms with Crippen molar-refractivity contribution in [3.8, 4) is 0 Å². The number of rotatable bonds is 14. The van der Waals surface area contributed by atoms with Gasteiger partial charge in [0.25, 0.3) is 5.91 Å². The number of hydrogen-bond acceptors (Lipinski definition) is 8. The van der Waals surface area contributed by atoms with Gasteiger partial charge in [-0.3, -0.25) is 14.4 Å². The molecule has 1 atom stereocenters. The first-order valence-corrected chi connectivity index (χ1v) is 12.7. The number of aromatic nitrogens is 2. The molecule has 0 fully saturated rings. The third-order valence-corrected chi connectivity index (χ3v) is 5.72. The standard InChI is InChI=1S/C28H42N8O3/c1-8-22-26(31-18(2)3)34-27(24(33-22)25(29)38)32-21-12-9-11-20(17-21)14-15-30-28(39)19(4)36(7)23(37)13-10-16-35(5)6/h9-13,17-19H,8,14-16H2,1-7H3,(H2,29,38)(H,30,39)(H2,31,32,34)/b13-10+/t19-/m0/s1/i5D3,6D3. The van der Waals surface area contributed by atoms with Crippen molar-refractivity contribution in [2.45, 2.75) is 52.6 Å². The number of anilines is 3. The molecule has 11 heteroatoms. The van der Waals surface area contributed by atoms with Crippen molar-refractivity contribution in [2.24, 2.45) is 5.73 Å². The summed E-state index contributed by atoms with van der Waals surface area (Å²) in [6.07, 6.45) is 3.19. The van der Waals surface area contributed by atoms with Gasteiger partial charge < -0.3 is 31.5 Å². The van der Waals surface area contributed by atoms with Gasteiger partial charge >= 0.3 is 0 Å². The number of carbonyl (C=O) groups excluding carboxylic acids is 3. The Morgan fingerprint density at radius 2 is 1.90 bits per heavy atom. The highest BCUT2D eigenvalue weighted by molar-refractivity contribution is 5.96. The zero-order valence-corrected chi connectivity index (χ0v) is 23.0. The second kappa shape index (κ2) is 14.8. The van der Waals surface area contributed by atoms with Crippen molar-refractivity contribution in [3.05, 3.63) is 53.4 Å². The Morgan fingerprint density at radius 1 is 1.15 bits per heavy atom. The van der Waals surface area contributed by atoms with E-state index in [1.165, 1.54) is 14.0 Å². The van der Waals surface area contributed by atoms with E-state index in [-0.39, 0.29) is 24.1 Å². The Balaban J connectivity index is 2.02. The minimum absolute atomic E-state index is 0.0215. The van der Waals surface area contributed by atoms with E-state index in [4.69, 9.17) is 14.0 Å². The number of nitrogens with one attached hydrogen (secondary N) is 3. The Kier molecular flexibility index (Phi) is 8.72. The predicted octanol–water partition coefficient (Wildman–Crippen LogP) is 2.33. The van der Waals surface area contributed by atoms with E-state index >= 15 is 0 Å². The van der Waals surface area contributed by atoms with Crippen LogP contribution in [-0.2, 0) is 22.4 Å². The van der Waals surface area contributed by atoms with E-state index < -0.39 is 44.3 Å². The minimum Gasteiger partial charge on any atom is -0.366 e. The molecule has 39 heavy (non-hydrogen) atoms. The molecule has 212 valence electrons. The van der Waals surface area contributed by atoms with E-state index in [0.29, 0.717) is 34.9 Å². The summed E-state index contributed by atoms with van der Waals surface area (Å²) in [4.78, 5) is 47.9. The van der Waals surface area contributed by atoms with Crippen molar-refractivity contribution in [2.75, 3.05) is 44.7 Å². The van der Waals surface area contributed by atoms with Crippen molar-refractivity contribution in [3.63, 3.8) is 0 Å². The summed E-state index contributed by atoms with van der Waals surface area (Å²) in [5.41, 5.74) is 7.73. The lowest BCUT2D eigenvalue weighted by molar-refractivity contribution is -0.135. The molecule has 0 unspecified atom stereocenters. The fraction of sp³-hybridized carbons (Fsp3) is 0.464. The molecule has 0 bridgehead atoms. The maximum absolute atomic E-state index is 12.7. The number of aryl methyl sites for hydroxylation is 1. The first kappa shape index (κ1) is 22.9. The van der Waals surface area contributed by atoms with E-state index in [2.05, 4.69) is 25.9 Å². The van der Waals surface area contributed by atoms with E-state index in [9.17, 15) is 14.4 Å². The van der Waals surface area contributed by atoms with Gasteiger partial charge in [0, 0.05) is 46.2 Å². The largest absolute Gasteiger partial charge is 0.366 e. The van der Waals surface area contributed by atoms with Crippen LogP contribution in [0.4, 0.5) is 17.3 Å². The third kappa shape index (κ3) is 9.68. The number of amides is 3. The molecule has 0 saturated heterocycles. The van der Waals surface area contributed by atoms with E-state index in [1.807, 2.05) is 39.0 Å². The first-order chi connectivity index (χ1) is 20.8. The van der Waals surface area contributed by atoms with Gasteiger partial charge in [-0.05, 0) is 65.3 Å². The Bertz CT molecular complexity index is 1370. The van der Waals surface area contributed by atoms with Gasteiger partial charge in [0.2, 0.25) is 11.8 Å². The second-order valence-electron chi connectivity index (χ2n) is 9.24. The van der Waals surface area contributed by atoms with Crippen LogP contribution in [0.3, 0.4) is 0 Å². The van der Waals surface area contributed by atoms with Crippen molar-refractivity contribution >= 4 is 35.0 Å². The number of primary amides is 1. The number of benzene rings is 1. The Labute approximate surface area is 239 Å². The summed E-state index contributed by atoms with van der Waals surface area (Å²) in [6.45, 7) is 1.39. The summed E-state index contributed by atoms with van der Waals surface area (Å²) in [6, 6.07) is 6.55. The smallest absolute Gasteiger partial charge is 0.271 e. The zero-order valence-electron chi connectivity index (χ0n) is 29.0. The minimum atomic E-state index is -2.87. The summed E-state index contributed by atoms with van der Waals surface area (Å²) in [7, 11) is 1.41. The van der Waals surface area contributed by atoms with Crippen LogP contribution >= 0.6 is 0 Å². The lowest BCUT2D eigenvalue weighted by Gasteiger charge is -2.23. The zero-order chi connectivity index (χ0) is 34.1. The van der Waals surface area contributed by atoms with Gasteiger partial charge in [-0.15, -0.1) is 0 Å². The van der Waals surface area contributed by atoms with Crippen molar-refractivity contribution in [1.29, 1.82) is 0 Å². The molecular formula is C28H42N8O3. The van der Waals surface area contributed by atoms with Gasteiger partial charge in [0.1, 0.15) is 11.9 Å². The second-order valence-corrected chi connectivity index (χ2v) is 9.24.